The van der Waals surface area contributed by atoms with Gasteiger partial charge < -0.3 is 14.0 Å². The summed E-state index contributed by atoms with van der Waals surface area (Å²) in [6.07, 6.45) is 4.23. The number of carbonyl (C=O) groups excluding carboxylic acids is 1. The van der Waals surface area contributed by atoms with E-state index in [1.165, 1.54) is 13.2 Å². The van der Waals surface area contributed by atoms with Gasteiger partial charge in [0.1, 0.15) is 10.8 Å². The van der Waals surface area contributed by atoms with Crippen molar-refractivity contribution < 1.29 is 14.3 Å². The zero-order valence-electron chi connectivity index (χ0n) is 17.8. The molecule has 0 aliphatic rings. The summed E-state index contributed by atoms with van der Waals surface area (Å²) < 4.78 is 11.8. The molecule has 0 aliphatic heterocycles. The molecule has 32 heavy (non-hydrogen) atoms. The average molecular weight is 472 g/mol. The fraction of sp³-hybridized carbons (Fsp3) is 0.200. The predicted molar refractivity (Wildman–Crippen MR) is 129 cm³/mol. The Hall–Kier alpha value is -3.02. The van der Waals surface area contributed by atoms with E-state index in [0.717, 1.165) is 16.9 Å². The van der Waals surface area contributed by atoms with E-state index in [4.69, 9.17) is 32.7 Å². The molecule has 0 bridgehead atoms. The number of aryl methyl sites for hydroxylation is 1. The van der Waals surface area contributed by atoms with Crippen LogP contribution in [0.15, 0.2) is 59.4 Å². The molecule has 0 amide bonds. The standard InChI is InChI=1S/C25H23Cl2NO4/c1-3-32-20-6-4-5-18(15-20)9-12-23-21(26)16-22(27)24(29)28(23)14-13-17-7-10-19(11-8-17)25(30)31-2/h4-12,15-16H,3,13-14H2,1-2H3/b12-9+. The summed E-state index contributed by atoms with van der Waals surface area (Å²) in [4.78, 5) is 24.4. The summed E-state index contributed by atoms with van der Waals surface area (Å²) in [6, 6.07) is 16.2. The fourth-order valence-corrected chi connectivity index (χ4v) is 3.76. The normalized spacial score (nSPS) is 11.0. The van der Waals surface area contributed by atoms with Crippen LogP contribution >= 0.6 is 23.2 Å². The molecule has 0 N–H and O–H groups in total. The van der Waals surface area contributed by atoms with Crippen molar-refractivity contribution in [3.05, 3.63) is 97.4 Å². The number of hydrogen-bond donors (Lipinski definition) is 0. The Bertz CT molecular complexity index is 1180. The smallest absolute Gasteiger partial charge is 0.337 e. The Morgan fingerprint density at radius 2 is 1.78 bits per heavy atom. The summed E-state index contributed by atoms with van der Waals surface area (Å²) in [5, 5.41) is 0.444. The SMILES string of the molecule is CCOc1cccc(/C=C/c2c(Cl)cc(Cl)c(=O)n2CCc2ccc(C(=O)OC)cc2)c1. The van der Waals surface area contributed by atoms with Gasteiger partial charge in [-0.15, -0.1) is 0 Å². The summed E-state index contributed by atoms with van der Waals surface area (Å²) in [5.74, 6) is 0.375. The zero-order chi connectivity index (χ0) is 23.1. The number of benzene rings is 2. The first-order valence-electron chi connectivity index (χ1n) is 10.1. The van der Waals surface area contributed by atoms with Crippen molar-refractivity contribution in [2.75, 3.05) is 13.7 Å². The molecule has 0 aliphatic carbocycles. The molecule has 5 nitrogen and oxygen atoms in total. The second-order valence-corrected chi connectivity index (χ2v) is 7.77. The molecule has 1 aromatic heterocycles. The van der Waals surface area contributed by atoms with Gasteiger partial charge in [0.05, 0.1) is 30.0 Å². The van der Waals surface area contributed by atoms with Gasteiger partial charge in [0, 0.05) is 6.54 Å². The van der Waals surface area contributed by atoms with Gasteiger partial charge >= 0.3 is 5.97 Å². The number of rotatable bonds is 8. The zero-order valence-corrected chi connectivity index (χ0v) is 19.3. The summed E-state index contributed by atoms with van der Waals surface area (Å²) in [5.41, 5.74) is 2.59. The molecule has 0 radical (unpaired) electrons. The second kappa shape index (κ2) is 11.0. The van der Waals surface area contributed by atoms with E-state index in [-0.39, 0.29) is 10.6 Å². The minimum atomic E-state index is -0.393. The lowest BCUT2D eigenvalue weighted by molar-refractivity contribution is 0.0600. The molecule has 1 heterocycles. The first-order chi connectivity index (χ1) is 15.4. The van der Waals surface area contributed by atoms with Gasteiger partial charge in [-0.2, -0.15) is 0 Å². The van der Waals surface area contributed by atoms with Gasteiger partial charge in [-0.25, -0.2) is 4.79 Å². The summed E-state index contributed by atoms with van der Waals surface area (Å²) in [7, 11) is 1.34. The van der Waals surface area contributed by atoms with Gasteiger partial charge in [-0.3, -0.25) is 4.79 Å². The minimum Gasteiger partial charge on any atom is -0.494 e. The van der Waals surface area contributed by atoms with Gasteiger partial charge in [0.25, 0.3) is 5.56 Å². The van der Waals surface area contributed by atoms with Crippen LogP contribution in [0.2, 0.25) is 10.0 Å². The van der Waals surface area contributed by atoms with Crippen molar-refractivity contribution in [1.29, 1.82) is 0 Å². The maximum absolute atomic E-state index is 12.8. The lowest BCUT2D eigenvalue weighted by Gasteiger charge is -2.13. The van der Waals surface area contributed by atoms with Crippen molar-refractivity contribution in [3.8, 4) is 5.75 Å². The molecule has 0 unspecified atom stereocenters. The first kappa shape index (κ1) is 23.6. The Kier molecular flexibility index (Phi) is 8.14. The van der Waals surface area contributed by atoms with Crippen LogP contribution in [0.25, 0.3) is 12.2 Å². The molecule has 3 rings (SSSR count). The summed E-state index contributed by atoms with van der Waals surface area (Å²) in [6.45, 7) is 2.88. The average Bonchev–Trinajstić information content (AvgIpc) is 2.80. The molecule has 0 fully saturated rings. The lowest BCUT2D eigenvalue weighted by atomic mass is 10.1. The number of halogens is 2. The fourth-order valence-electron chi connectivity index (χ4n) is 3.22. The monoisotopic (exact) mass is 471 g/mol. The summed E-state index contributed by atoms with van der Waals surface area (Å²) >= 11 is 12.5. The van der Waals surface area contributed by atoms with Crippen LogP contribution in [0.5, 0.6) is 5.75 Å². The van der Waals surface area contributed by atoms with Gasteiger partial charge in [-0.05, 0) is 60.9 Å². The largest absolute Gasteiger partial charge is 0.494 e. The molecule has 0 saturated carbocycles. The van der Waals surface area contributed by atoms with Crippen molar-refractivity contribution >= 4 is 41.3 Å². The molecule has 0 spiro atoms. The molecule has 2 aromatic carbocycles. The molecule has 7 heteroatoms. The number of pyridine rings is 1. The third-order valence-corrected chi connectivity index (χ3v) is 5.41. The van der Waals surface area contributed by atoms with Crippen LogP contribution in [0.4, 0.5) is 0 Å². The van der Waals surface area contributed by atoms with Crippen LogP contribution in [-0.2, 0) is 17.7 Å². The van der Waals surface area contributed by atoms with Crippen molar-refractivity contribution in [2.24, 2.45) is 0 Å². The number of methoxy groups -OCH3 is 1. The second-order valence-electron chi connectivity index (χ2n) is 6.96. The van der Waals surface area contributed by atoms with E-state index in [0.29, 0.717) is 35.9 Å². The number of hydrogen-bond acceptors (Lipinski definition) is 4. The highest BCUT2D eigenvalue weighted by Gasteiger charge is 2.12. The first-order valence-corrected chi connectivity index (χ1v) is 10.9. The van der Waals surface area contributed by atoms with E-state index in [1.54, 1.807) is 22.8 Å². The van der Waals surface area contributed by atoms with Crippen LogP contribution in [0.1, 0.15) is 34.1 Å². The molecule has 3 aromatic rings. The van der Waals surface area contributed by atoms with Crippen molar-refractivity contribution in [3.63, 3.8) is 0 Å². The van der Waals surface area contributed by atoms with Crippen LogP contribution in [-0.4, -0.2) is 24.3 Å². The molecule has 166 valence electrons. The maximum Gasteiger partial charge on any atom is 0.337 e. The number of esters is 1. The van der Waals surface area contributed by atoms with Crippen LogP contribution in [0, 0.1) is 0 Å². The van der Waals surface area contributed by atoms with Crippen molar-refractivity contribution in [1.82, 2.24) is 4.57 Å². The highest BCUT2D eigenvalue weighted by molar-refractivity contribution is 6.35. The maximum atomic E-state index is 12.8. The van der Waals surface area contributed by atoms with E-state index in [1.807, 2.05) is 49.4 Å². The number of ether oxygens (including phenoxy) is 2. The van der Waals surface area contributed by atoms with E-state index < -0.39 is 5.97 Å². The Morgan fingerprint density at radius 3 is 2.47 bits per heavy atom. The quantitative estimate of drug-likeness (QED) is 0.392. The van der Waals surface area contributed by atoms with E-state index in [9.17, 15) is 9.59 Å². The Balaban J connectivity index is 1.87. The van der Waals surface area contributed by atoms with E-state index >= 15 is 0 Å². The molecule has 0 saturated heterocycles. The highest BCUT2D eigenvalue weighted by atomic mass is 35.5. The number of carbonyl (C=O) groups is 1. The van der Waals surface area contributed by atoms with Gasteiger partial charge in [-0.1, -0.05) is 53.5 Å². The highest BCUT2D eigenvalue weighted by Crippen LogP contribution is 2.22. The third kappa shape index (κ3) is 5.81. The van der Waals surface area contributed by atoms with Crippen LogP contribution in [0.3, 0.4) is 0 Å². The minimum absolute atomic E-state index is 0.0616. The lowest BCUT2D eigenvalue weighted by Crippen LogP contribution is -2.24. The number of nitrogens with zero attached hydrogens (tertiary/aromatic N) is 1. The third-order valence-electron chi connectivity index (χ3n) is 4.84. The van der Waals surface area contributed by atoms with Gasteiger partial charge in [0.15, 0.2) is 0 Å². The Labute approximate surface area is 196 Å². The van der Waals surface area contributed by atoms with Crippen LogP contribution < -0.4 is 10.3 Å². The van der Waals surface area contributed by atoms with Gasteiger partial charge in [0.2, 0.25) is 0 Å². The molecule has 0 atom stereocenters. The number of aromatic nitrogens is 1. The predicted octanol–water partition coefficient (Wildman–Crippen LogP) is 5.75. The van der Waals surface area contributed by atoms with E-state index in [2.05, 4.69) is 0 Å². The van der Waals surface area contributed by atoms with Crippen molar-refractivity contribution in [2.45, 2.75) is 19.9 Å². The molecular formula is C25H23Cl2NO4. The molecular weight excluding hydrogens is 449 g/mol. The topological polar surface area (TPSA) is 57.5 Å². The Morgan fingerprint density at radius 1 is 1.03 bits per heavy atom.